The maximum atomic E-state index is 13.4. The highest BCUT2D eigenvalue weighted by molar-refractivity contribution is 5.95. The van der Waals surface area contributed by atoms with E-state index >= 15 is 0 Å². The quantitative estimate of drug-likeness (QED) is 0.477. The van der Waals surface area contributed by atoms with Gasteiger partial charge < -0.3 is 4.98 Å². The molecule has 18 heavy (non-hydrogen) atoms. The highest BCUT2D eigenvalue weighted by atomic mass is 19.1. The average molecular weight is 250 g/mol. The standard InChI is InChI=1S/C10H4F2N4O2/c11-4-1-5(12)9-6(2-4)14-7(3-8(9)17)10(18)15-16-13/h1-3H,(H,14,17). The average Bonchev–Trinajstić information content (AvgIpc) is 2.27. The van der Waals surface area contributed by atoms with Crippen LogP contribution in [0, 0.1) is 11.6 Å². The Labute approximate surface area is 97.5 Å². The zero-order chi connectivity index (χ0) is 13.3. The Morgan fingerprint density at radius 3 is 2.72 bits per heavy atom. The molecule has 1 N–H and O–H groups in total. The number of nitrogens with one attached hydrogen (secondary N) is 1. The smallest absolute Gasteiger partial charge is 0.265 e. The molecule has 0 aliphatic heterocycles. The molecule has 1 heterocycles. The first-order valence-corrected chi connectivity index (χ1v) is 4.64. The van der Waals surface area contributed by atoms with Gasteiger partial charge in [-0.25, -0.2) is 8.78 Å². The molecule has 0 aliphatic rings. The lowest BCUT2D eigenvalue weighted by Gasteiger charge is -2.02. The number of hydrogen-bond acceptors (Lipinski definition) is 2. The summed E-state index contributed by atoms with van der Waals surface area (Å²) in [7, 11) is 0. The second-order valence-electron chi connectivity index (χ2n) is 3.35. The molecule has 1 aromatic heterocycles. The molecule has 0 saturated carbocycles. The molecule has 90 valence electrons. The fourth-order valence-electron chi connectivity index (χ4n) is 1.52. The molecule has 0 radical (unpaired) electrons. The summed E-state index contributed by atoms with van der Waals surface area (Å²) in [5, 5.41) is 2.40. The maximum Gasteiger partial charge on any atom is 0.265 e. The summed E-state index contributed by atoms with van der Waals surface area (Å²) in [4.78, 5) is 27.4. The molecule has 8 heteroatoms. The Morgan fingerprint density at radius 1 is 1.33 bits per heavy atom. The minimum atomic E-state index is -1.04. The van der Waals surface area contributed by atoms with Crippen LogP contribution in [0.4, 0.5) is 8.78 Å². The van der Waals surface area contributed by atoms with E-state index in [0.29, 0.717) is 6.07 Å². The van der Waals surface area contributed by atoms with Crippen LogP contribution in [-0.4, -0.2) is 10.9 Å². The van der Waals surface area contributed by atoms with E-state index in [0.717, 1.165) is 12.1 Å². The minimum absolute atomic E-state index is 0.184. The van der Waals surface area contributed by atoms with Gasteiger partial charge in [0.05, 0.1) is 16.6 Å². The summed E-state index contributed by atoms with van der Waals surface area (Å²) < 4.78 is 26.3. The predicted octanol–water partition coefficient (Wildman–Crippen LogP) is 2.26. The van der Waals surface area contributed by atoms with Crippen molar-refractivity contribution in [3.63, 3.8) is 0 Å². The third-order valence-corrected chi connectivity index (χ3v) is 2.21. The van der Waals surface area contributed by atoms with Gasteiger partial charge in [-0.15, -0.1) is 0 Å². The van der Waals surface area contributed by atoms with Gasteiger partial charge in [0.2, 0.25) is 0 Å². The summed E-state index contributed by atoms with van der Waals surface area (Å²) in [5.74, 6) is -2.97. The van der Waals surface area contributed by atoms with Crippen LogP contribution in [0.15, 0.2) is 28.1 Å². The Balaban J connectivity index is 2.81. The van der Waals surface area contributed by atoms with Crippen LogP contribution in [0.25, 0.3) is 21.3 Å². The molecule has 2 aromatic rings. The topological polar surface area (TPSA) is 98.7 Å². The number of halogens is 2. The molecule has 0 fully saturated rings. The van der Waals surface area contributed by atoms with Gasteiger partial charge in [0.15, 0.2) is 5.43 Å². The summed E-state index contributed by atoms with van der Waals surface area (Å²) >= 11 is 0. The molecule has 6 nitrogen and oxygen atoms in total. The van der Waals surface area contributed by atoms with E-state index in [9.17, 15) is 18.4 Å². The van der Waals surface area contributed by atoms with Gasteiger partial charge in [-0.2, -0.15) is 0 Å². The lowest BCUT2D eigenvalue weighted by atomic mass is 10.1. The first-order chi connectivity index (χ1) is 8.52. The number of H-pyrrole nitrogens is 1. The van der Waals surface area contributed by atoms with Crippen molar-refractivity contribution < 1.29 is 13.6 Å². The van der Waals surface area contributed by atoms with Crippen molar-refractivity contribution in [2.45, 2.75) is 0 Å². The van der Waals surface area contributed by atoms with Gasteiger partial charge in [0.1, 0.15) is 11.6 Å². The SMILES string of the molecule is [N-]=[N+]=NC(=O)c1cc(=O)c2c(F)cc(F)cc2[nH]1. The zero-order valence-electron chi connectivity index (χ0n) is 8.65. The maximum absolute atomic E-state index is 13.4. The lowest BCUT2D eigenvalue weighted by Crippen LogP contribution is -2.10. The number of amides is 1. The predicted molar refractivity (Wildman–Crippen MR) is 58.0 cm³/mol. The number of aromatic nitrogens is 1. The Hall–Kier alpha value is -2.73. The molecular weight excluding hydrogens is 246 g/mol. The van der Waals surface area contributed by atoms with Crippen LogP contribution in [0.5, 0.6) is 0 Å². The Kier molecular flexibility index (Phi) is 2.78. The normalized spacial score (nSPS) is 10.1. The lowest BCUT2D eigenvalue weighted by molar-refractivity contribution is 0.0996. The third-order valence-electron chi connectivity index (χ3n) is 2.21. The van der Waals surface area contributed by atoms with E-state index in [1.54, 1.807) is 0 Å². The minimum Gasteiger partial charge on any atom is -0.352 e. The number of pyridine rings is 1. The van der Waals surface area contributed by atoms with Gasteiger partial charge in [-0.05, 0) is 16.7 Å². The third kappa shape index (κ3) is 1.92. The Morgan fingerprint density at radius 2 is 2.06 bits per heavy atom. The molecule has 0 unspecified atom stereocenters. The number of benzene rings is 1. The van der Waals surface area contributed by atoms with Crippen molar-refractivity contribution >= 4 is 16.8 Å². The largest absolute Gasteiger partial charge is 0.352 e. The number of hydrogen-bond donors (Lipinski definition) is 1. The summed E-state index contributed by atoms with van der Waals surface area (Å²) in [6, 6.07) is 2.22. The van der Waals surface area contributed by atoms with E-state index in [-0.39, 0.29) is 16.6 Å². The number of azide groups is 1. The summed E-state index contributed by atoms with van der Waals surface area (Å²) in [6.45, 7) is 0. The van der Waals surface area contributed by atoms with Gasteiger partial charge in [0.25, 0.3) is 5.91 Å². The molecular formula is C10H4F2N4O2. The van der Waals surface area contributed by atoms with Crippen molar-refractivity contribution in [1.82, 2.24) is 4.98 Å². The molecule has 0 saturated heterocycles. The number of rotatable bonds is 1. The number of fused-ring (bicyclic) bond motifs is 1. The van der Waals surface area contributed by atoms with Crippen molar-refractivity contribution in [3.05, 3.63) is 56.2 Å². The van der Waals surface area contributed by atoms with E-state index in [4.69, 9.17) is 5.53 Å². The summed E-state index contributed by atoms with van der Waals surface area (Å²) in [6.07, 6.45) is 0. The Bertz CT molecular complexity index is 762. The van der Waals surface area contributed by atoms with Crippen molar-refractivity contribution in [1.29, 1.82) is 0 Å². The molecule has 2 rings (SSSR count). The van der Waals surface area contributed by atoms with Gasteiger partial charge in [-0.3, -0.25) is 9.59 Å². The van der Waals surface area contributed by atoms with E-state index in [2.05, 4.69) is 15.0 Å². The van der Waals surface area contributed by atoms with Crippen LogP contribution in [0.2, 0.25) is 0 Å². The molecule has 0 spiro atoms. The van der Waals surface area contributed by atoms with E-state index in [1.807, 2.05) is 0 Å². The number of nitrogens with zero attached hydrogens (tertiary/aromatic N) is 3. The fourth-order valence-corrected chi connectivity index (χ4v) is 1.52. The van der Waals surface area contributed by atoms with Gasteiger partial charge in [0, 0.05) is 17.0 Å². The molecule has 0 bridgehead atoms. The monoisotopic (exact) mass is 250 g/mol. The van der Waals surface area contributed by atoms with Crippen molar-refractivity contribution in [2.24, 2.45) is 5.11 Å². The fraction of sp³-hybridized carbons (Fsp3) is 0. The van der Waals surface area contributed by atoms with Crippen LogP contribution in [0.1, 0.15) is 10.5 Å². The summed E-state index contributed by atoms with van der Waals surface area (Å²) in [5.41, 5.74) is 6.77. The first-order valence-electron chi connectivity index (χ1n) is 4.64. The molecule has 0 aliphatic carbocycles. The van der Waals surface area contributed by atoms with Crippen molar-refractivity contribution in [2.75, 3.05) is 0 Å². The zero-order valence-corrected chi connectivity index (χ0v) is 8.65. The highest BCUT2D eigenvalue weighted by Crippen LogP contribution is 2.15. The van der Waals surface area contributed by atoms with Crippen LogP contribution in [-0.2, 0) is 0 Å². The second kappa shape index (κ2) is 4.27. The van der Waals surface area contributed by atoms with Crippen molar-refractivity contribution in [3.8, 4) is 0 Å². The van der Waals surface area contributed by atoms with E-state index in [1.165, 1.54) is 0 Å². The van der Waals surface area contributed by atoms with E-state index < -0.39 is 23.0 Å². The first kappa shape index (κ1) is 11.7. The van der Waals surface area contributed by atoms with Gasteiger partial charge >= 0.3 is 0 Å². The number of aromatic amines is 1. The van der Waals surface area contributed by atoms with Crippen LogP contribution >= 0.6 is 0 Å². The van der Waals surface area contributed by atoms with Gasteiger partial charge in [-0.1, -0.05) is 0 Å². The molecule has 1 aromatic carbocycles. The van der Waals surface area contributed by atoms with Crippen LogP contribution in [0.3, 0.4) is 0 Å². The molecule has 1 amide bonds. The second-order valence-corrected chi connectivity index (χ2v) is 3.35. The van der Waals surface area contributed by atoms with Crippen LogP contribution < -0.4 is 5.43 Å². The number of carbonyl (C=O) groups excluding carboxylic acids is 1. The molecule has 0 atom stereocenters. The highest BCUT2D eigenvalue weighted by Gasteiger charge is 2.12. The number of carbonyl (C=O) groups is 1.